The van der Waals surface area contributed by atoms with Crippen molar-refractivity contribution in [2.24, 2.45) is 0 Å². The van der Waals surface area contributed by atoms with Crippen LogP contribution < -0.4 is 0 Å². The van der Waals surface area contributed by atoms with Gasteiger partial charge in [-0.3, -0.25) is 4.79 Å². The molecule has 0 amide bonds. The van der Waals surface area contributed by atoms with E-state index in [4.69, 9.17) is 0 Å². The maximum atomic E-state index is 12.0. The first-order valence-electron chi connectivity index (χ1n) is 6.43. The van der Waals surface area contributed by atoms with E-state index in [0.29, 0.717) is 6.42 Å². The van der Waals surface area contributed by atoms with Gasteiger partial charge in [0.2, 0.25) is 0 Å². The molecule has 0 unspecified atom stereocenters. The second-order valence-electron chi connectivity index (χ2n) is 4.32. The fourth-order valence-electron chi connectivity index (χ4n) is 1.97. The van der Waals surface area contributed by atoms with Crippen LogP contribution in [-0.4, -0.2) is 10.8 Å². The van der Waals surface area contributed by atoms with Crippen molar-refractivity contribution in [1.82, 2.24) is 4.98 Å². The monoisotopic (exact) mass is 299 g/mol. The molecular formula is C16H13NOS2. The van der Waals surface area contributed by atoms with E-state index in [0.717, 1.165) is 20.3 Å². The van der Waals surface area contributed by atoms with Gasteiger partial charge in [-0.05, 0) is 18.2 Å². The number of hydrogen-bond donors (Lipinski definition) is 0. The number of carbonyl (C=O) groups excluding carboxylic acids is 1. The zero-order valence-corrected chi connectivity index (χ0v) is 12.6. The smallest absolute Gasteiger partial charge is 0.163 e. The molecule has 0 aliphatic heterocycles. The number of carbonyl (C=O) groups is 1. The maximum Gasteiger partial charge on any atom is 0.163 e. The van der Waals surface area contributed by atoms with Gasteiger partial charge in [0.15, 0.2) is 10.1 Å². The van der Waals surface area contributed by atoms with Gasteiger partial charge in [0, 0.05) is 16.9 Å². The summed E-state index contributed by atoms with van der Waals surface area (Å²) in [7, 11) is 0. The lowest BCUT2D eigenvalue weighted by Crippen LogP contribution is -1.98. The molecule has 0 bridgehead atoms. The Hall–Kier alpha value is -1.65. The minimum absolute atomic E-state index is 0.175. The highest BCUT2D eigenvalue weighted by Crippen LogP contribution is 2.36. The Labute approximate surface area is 125 Å². The number of rotatable bonds is 4. The normalized spacial score (nSPS) is 10.8. The molecule has 0 saturated heterocycles. The first-order chi connectivity index (χ1) is 9.78. The zero-order chi connectivity index (χ0) is 13.9. The average molecular weight is 299 g/mol. The molecule has 3 aromatic rings. The summed E-state index contributed by atoms with van der Waals surface area (Å²) in [6, 6.07) is 15.8. The number of fused-ring (bicyclic) bond motifs is 1. The van der Waals surface area contributed by atoms with Gasteiger partial charge in [0.05, 0.1) is 10.2 Å². The highest BCUT2D eigenvalue weighted by Gasteiger charge is 2.12. The van der Waals surface area contributed by atoms with Crippen molar-refractivity contribution in [3.63, 3.8) is 0 Å². The van der Waals surface area contributed by atoms with E-state index in [1.807, 2.05) is 49.4 Å². The van der Waals surface area contributed by atoms with Crippen LogP contribution in [0.25, 0.3) is 10.2 Å². The number of benzene rings is 2. The zero-order valence-electron chi connectivity index (χ0n) is 11.0. The van der Waals surface area contributed by atoms with Crippen molar-refractivity contribution >= 4 is 39.1 Å². The number of para-hydroxylation sites is 1. The van der Waals surface area contributed by atoms with Crippen molar-refractivity contribution in [2.75, 3.05) is 0 Å². The van der Waals surface area contributed by atoms with Crippen LogP contribution in [0.4, 0.5) is 0 Å². The van der Waals surface area contributed by atoms with E-state index in [1.54, 1.807) is 23.1 Å². The first kappa shape index (κ1) is 13.3. The molecule has 0 saturated carbocycles. The number of Topliss-reactive ketones (excluding diaryl/α,β-unsaturated/α-hetero) is 1. The predicted molar refractivity (Wildman–Crippen MR) is 84.8 cm³/mol. The Morgan fingerprint density at radius 2 is 1.90 bits per heavy atom. The third kappa shape index (κ3) is 2.62. The molecule has 2 nitrogen and oxygen atoms in total. The number of hydrogen-bond acceptors (Lipinski definition) is 4. The summed E-state index contributed by atoms with van der Waals surface area (Å²) in [5, 5.41) is 0. The lowest BCUT2D eigenvalue weighted by molar-refractivity contribution is 0.0985. The molecule has 100 valence electrons. The molecule has 0 N–H and O–H groups in total. The van der Waals surface area contributed by atoms with Crippen LogP contribution >= 0.6 is 23.1 Å². The third-order valence-corrected chi connectivity index (χ3v) is 5.15. The highest BCUT2D eigenvalue weighted by molar-refractivity contribution is 8.01. The summed E-state index contributed by atoms with van der Waals surface area (Å²) in [6.45, 7) is 1.89. The molecule has 0 aliphatic rings. The first-order valence-corrected chi connectivity index (χ1v) is 8.07. The summed E-state index contributed by atoms with van der Waals surface area (Å²) in [4.78, 5) is 17.6. The number of thiazole rings is 1. The Balaban J connectivity index is 1.96. The van der Waals surface area contributed by atoms with Gasteiger partial charge in [0.1, 0.15) is 0 Å². The maximum absolute atomic E-state index is 12.0. The van der Waals surface area contributed by atoms with Gasteiger partial charge in [0.25, 0.3) is 0 Å². The quantitative estimate of drug-likeness (QED) is 0.632. The number of aromatic nitrogens is 1. The second-order valence-corrected chi connectivity index (χ2v) is 6.64. The average Bonchev–Trinajstić information content (AvgIpc) is 2.89. The van der Waals surface area contributed by atoms with Crippen molar-refractivity contribution < 1.29 is 4.79 Å². The Morgan fingerprint density at radius 3 is 2.70 bits per heavy atom. The van der Waals surface area contributed by atoms with Crippen LogP contribution in [0.2, 0.25) is 0 Å². The molecule has 0 fully saturated rings. The van der Waals surface area contributed by atoms with E-state index in [-0.39, 0.29) is 5.78 Å². The topological polar surface area (TPSA) is 30.0 Å². The van der Waals surface area contributed by atoms with Crippen molar-refractivity contribution in [3.8, 4) is 0 Å². The molecule has 1 aromatic heterocycles. The molecule has 20 heavy (non-hydrogen) atoms. The second kappa shape index (κ2) is 5.77. The molecule has 0 spiro atoms. The van der Waals surface area contributed by atoms with Crippen LogP contribution in [0, 0.1) is 0 Å². The summed E-state index contributed by atoms with van der Waals surface area (Å²) in [6.07, 6.45) is 0.525. The molecule has 2 aromatic carbocycles. The summed E-state index contributed by atoms with van der Waals surface area (Å²) in [5.41, 5.74) is 1.80. The van der Waals surface area contributed by atoms with Gasteiger partial charge < -0.3 is 0 Å². The van der Waals surface area contributed by atoms with Crippen molar-refractivity contribution in [3.05, 3.63) is 54.1 Å². The standard InChI is InChI=1S/C16H13NOS2/c1-2-13(18)11-7-3-5-9-14(11)19-16-17-12-8-4-6-10-15(12)20-16/h3-10H,2H2,1H3. The summed E-state index contributed by atoms with van der Waals surface area (Å²) < 4.78 is 2.15. The molecule has 3 rings (SSSR count). The fraction of sp³-hybridized carbons (Fsp3) is 0.125. The van der Waals surface area contributed by atoms with Crippen LogP contribution in [0.15, 0.2) is 57.8 Å². The van der Waals surface area contributed by atoms with Crippen LogP contribution in [-0.2, 0) is 0 Å². The van der Waals surface area contributed by atoms with Crippen LogP contribution in [0.1, 0.15) is 23.7 Å². The lowest BCUT2D eigenvalue weighted by Gasteiger charge is -2.04. The Bertz CT molecular complexity index is 731. The largest absolute Gasteiger partial charge is 0.294 e. The van der Waals surface area contributed by atoms with Crippen molar-refractivity contribution in [2.45, 2.75) is 22.6 Å². The fourth-order valence-corrected chi connectivity index (χ4v) is 4.14. The summed E-state index contributed by atoms with van der Waals surface area (Å²) in [5.74, 6) is 0.175. The Morgan fingerprint density at radius 1 is 1.15 bits per heavy atom. The van der Waals surface area contributed by atoms with Gasteiger partial charge in [-0.25, -0.2) is 4.98 Å². The third-order valence-electron chi connectivity index (χ3n) is 2.98. The highest BCUT2D eigenvalue weighted by atomic mass is 32.2. The molecule has 0 aliphatic carbocycles. The van der Waals surface area contributed by atoms with E-state index < -0.39 is 0 Å². The van der Waals surface area contributed by atoms with E-state index in [9.17, 15) is 4.79 Å². The summed E-state index contributed by atoms with van der Waals surface area (Å²) >= 11 is 3.23. The minimum atomic E-state index is 0.175. The lowest BCUT2D eigenvalue weighted by atomic mass is 10.1. The van der Waals surface area contributed by atoms with Gasteiger partial charge in [-0.15, -0.1) is 11.3 Å². The number of nitrogens with zero attached hydrogens (tertiary/aromatic N) is 1. The molecule has 0 atom stereocenters. The SMILES string of the molecule is CCC(=O)c1ccccc1Sc1nc2ccccc2s1. The molecule has 4 heteroatoms. The predicted octanol–water partition coefficient (Wildman–Crippen LogP) is 5.04. The van der Waals surface area contributed by atoms with E-state index >= 15 is 0 Å². The van der Waals surface area contributed by atoms with Gasteiger partial charge in [-0.2, -0.15) is 0 Å². The molecule has 1 heterocycles. The Kier molecular flexibility index (Phi) is 3.85. The van der Waals surface area contributed by atoms with Gasteiger partial charge >= 0.3 is 0 Å². The van der Waals surface area contributed by atoms with Crippen molar-refractivity contribution in [1.29, 1.82) is 0 Å². The van der Waals surface area contributed by atoms with Crippen LogP contribution in [0.3, 0.4) is 0 Å². The van der Waals surface area contributed by atoms with E-state index in [2.05, 4.69) is 11.1 Å². The molecular weight excluding hydrogens is 286 g/mol. The number of ketones is 1. The van der Waals surface area contributed by atoms with Gasteiger partial charge in [-0.1, -0.05) is 49.0 Å². The molecule has 0 radical (unpaired) electrons. The minimum Gasteiger partial charge on any atom is -0.294 e. The van der Waals surface area contributed by atoms with Crippen LogP contribution in [0.5, 0.6) is 0 Å². The van der Waals surface area contributed by atoms with E-state index in [1.165, 1.54) is 4.70 Å².